The largest absolute Gasteiger partial charge is 0.493 e. The van der Waals surface area contributed by atoms with Crippen LogP contribution in [0, 0.1) is 5.92 Å². The lowest BCUT2D eigenvalue weighted by atomic mass is 9.99. The van der Waals surface area contributed by atoms with Crippen LogP contribution in [-0.2, 0) is 11.2 Å². The average Bonchev–Trinajstić information content (AvgIpc) is 2.49. The molecule has 6 heteroatoms. The van der Waals surface area contributed by atoms with Gasteiger partial charge in [0.15, 0.2) is 11.5 Å². The number of carbonyl (C=O) groups is 1. The number of hydrogen-bond acceptors (Lipinski definition) is 5. The maximum absolute atomic E-state index is 11.7. The zero-order chi connectivity index (χ0) is 17.5. The molecule has 1 amide bonds. The molecule has 0 aliphatic heterocycles. The quantitative estimate of drug-likeness (QED) is 0.805. The Morgan fingerprint density at radius 3 is 2.39 bits per heavy atom. The van der Waals surface area contributed by atoms with E-state index >= 15 is 0 Å². The molecule has 1 aromatic rings. The highest BCUT2D eigenvalue weighted by atomic mass is 16.6. The summed E-state index contributed by atoms with van der Waals surface area (Å²) in [5.74, 6) is 1.19. The van der Waals surface area contributed by atoms with Crippen molar-refractivity contribution in [1.29, 1.82) is 0 Å². The van der Waals surface area contributed by atoms with E-state index in [1.807, 2.05) is 18.2 Å². The monoisotopic (exact) mass is 325 g/mol. The van der Waals surface area contributed by atoms with Gasteiger partial charge in [-0.1, -0.05) is 6.07 Å². The smallest absolute Gasteiger partial charge is 0.407 e. The molecule has 6 nitrogen and oxygen atoms in total. The molecule has 0 aliphatic carbocycles. The first-order chi connectivity index (χ1) is 10.8. The molecule has 1 aromatic carbocycles. The minimum Gasteiger partial charge on any atom is -0.493 e. The Morgan fingerprint density at radius 2 is 1.87 bits per heavy atom. The molecule has 23 heavy (non-hydrogen) atoms. The van der Waals surface area contributed by atoms with Crippen LogP contribution >= 0.6 is 0 Å². The van der Waals surface area contributed by atoms with Crippen molar-refractivity contribution in [1.82, 2.24) is 5.32 Å². The number of aliphatic hydroxyl groups excluding tert-OH is 1. The Bertz CT molecular complexity index is 510. The molecule has 2 N–H and O–H groups in total. The molecule has 0 saturated heterocycles. The maximum atomic E-state index is 11.7. The van der Waals surface area contributed by atoms with E-state index in [1.165, 1.54) is 0 Å². The molecule has 0 saturated carbocycles. The van der Waals surface area contributed by atoms with Gasteiger partial charge >= 0.3 is 6.09 Å². The molecule has 0 radical (unpaired) electrons. The normalized spacial score (nSPS) is 12.4. The second-order valence-corrected chi connectivity index (χ2v) is 6.32. The first-order valence-electron chi connectivity index (χ1n) is 7.57. The van der Waals surface area contributed by atoms with E-state index < -0.39 is 11.7 Å². The van der Waals surface area contributed by atoms with Gasteiger partial charge in [-0.25, -0.2) is 4.79 Å². The molecule has 0 fully saturated rings. The Balaban J connectivity index is 2.61. The van der Waals surface area contributed by atoms with Crippen LogP contribution in [0.25, 0.3) is 0 Å². The number of hydrogen-bond donors (Lipinski definition) is 2. The van der Waals surface area contributed by atoms with Crippen LogP contribution in [0.1, 0.15) is 26.3 Å². The lowest BCUT2D eigenvalue weighted by Crippen LogP contribution is -2.36. The molecule has 0 spiro atoms. The maximum Gasteiger partial charge on any atom is 0.407 e. The number of rotatable bonds is 7. The topological polar surface area (TPSA) is 77.0 Å². The highest BCUT2D eigenvalue weighted by Crippen LogP contribution is 2.28. The van der Waals surface area contributed by atoms with Crippen LogP contribution in [0.4, 0.5) is 4.79 Å². The van der Waals surface area contributed by atoms with Gasteiger partial charge < -0.3 is 24.6 Å². The third kappa shape index (κ3) is 6.78. The van der Waals surface area contributed by atoms with Crippen LogP contribution in [0.3, 0.4) is 0 Å². The van der Waals surface area contributed by atoms with E-state index in [4.69, 9.17) is 14.2 Å². The van der Waals surface area contributed by atoms with Crippen LogP contribution in [0.2, 0.25) is 0 Å². The summed E-state index contributed by atoms with van der Waals surface area (Å²) in [6, 6.07) is 5.61. The van der Waals surface area contributed by atoms with E-state index in [2.05, 4.69) is 5.32 Å². The summed E-state index contributed by atoms with van der Waals surface area (Å²) in [5.41, 5.74) is 0.454. The van der Waals surface area contributed by atoms with Gasteiger partial charge in [-0.05, 0) is 44.9 Å². The SMILES string of the molecule is COc1ccc(C[C@@H](CO)CNC(=O)OC(C)(C)C)cc1OC. The molecular weight excluding hydrogens is 298 g/mol. The number of ether oxygens (including phenoxy) is 3. The molecule has 0 aromatic heterocycles. The van der Waals surface area contributed by atoms with Gasteiger partial charge in [-0.2, -0.15) is 0 Å². The molecule has 0 aliphatic rings. The predicted octanol–water partition coefficient (Wildman–Crippen LogP) is 2.38. The lowest BCUT2D eigenvalue weighted by molar-refractivity contribution is 0.0512. The van der Waals surface area contributed by atoms with E-state index in [9.17, 15) is 9.90 Å². The standard InChI is InChI=1S/C17H27NO5/c1-17(2,3)23-16(20)18-10-13(11-19)8-12-6-7-14(21-4)15(9-12)22-5/h6-7,9,13,19H,8,10-11H2,1-5H3,(H,18,20)/t13-/m1/s1. The highest BCUT2D eigenvalue weighted by Gasteiger charge is 2.18. The number of alkyl carbamates (subject to hydrolysis) is 1. The fraction of sp³-hybridized carbons (Fsp3) is 0.588. The Morgan fingerprint density at radius 1 is 1.22 bits per heavy atom. The minimum atomic E-state index is -0.540. The van der Waals surface area contributed by atoms with Crippen LogP contribution in [0.5, 0.6) is 11.5 Å². The molecule has 0 heterocycles. The van der Waals surface area contributed by atoms with Crippen LogP contribution < -0.4 is 14.8 Å². The van der Waals surface area contributed by atoms with E-state index in [-0.39, 0.29) is 12.5 Å². The van der Waals surface area contributed by atoms with Crippen molar-refractivity contribution < 1.29 is 24.1 Å². The van der Waals surface area contributed by atoms with Crippen molar-refractivity contribution in [2.24, 2.45) is 5.92 Å². The van der Waals surface area contributed by atoms with Crippen molar-refractivity contribution in [3.63, 3.8) is 0 Å². The number of benzene rings is 1. The highest BCUT2D eigenvalue weighted by molar-refractivity contribution is 5.67. The predicted molar refractivity (Wildman–Crippen MR) is 88.1 cm³/mol. The first kappa shape index (κ1) is 19.1. The van der Waals surface area contributed by atoms with Gasteiger partial charge in [0.25, 0.3) is 0 Å². The number of amides is 1. The zero-order valence-corrected chi connectivity index (χ0v) is 14.5. The van der Waals surface area contributed by atoms with E-state index in [1.54, 1.807) is 35.0 Å². The third-order valence-electron chi connectivity index (χ3n) is 3.16. The molecular formula is C17H27NO5. The van der Waals surface area contributed by atoms with Crippen molar-refractivity contribution in [3.8, 4) is 11.5 Å². The molecule has 1 rings (SSSR count). The number of aliphatic hydroxyl groups is 1. The summed E-state index contributed by atoms with van der Waals surface area (Å²) in [5, 5.41) is 12.2. The molecule has 1 atom stereocenters. The van der Waals surface area contributed by atoms with Crippen molar-refractivity contribution >= 4 is 6.09 Å². The van der Waals surface area contributed by atoms with Gasteiger partial charge in [-0.3, -0.25) is 0 Å². The molecule has 0 bridgehead atoms. The number of methoxy groups -OCH3 is 2. The Kier molecular flexibility index (Phi) is 7.16. The second kappa shape index (κ2) is 8.62. The fourth-order valence-electron chi connectivity index (χ4n) is 2.08. The summed E-state index contributed by atoms with van der Waals surface area (Å²) in [7, 11) is 3.16. The minimum absolute atomic E-state index is 0.0376. The Hall–Kier alpha value is -1.95. The second-order valence-electron chi connectivity index (χ2n) is 6.32. The Labute approximate surface area is 137 Å². The zero-order valence-electron chi connectivity index (χ0n) is 14.5. The summed E-state index contributed by atoms with van der Waals surface area (Å²) in [6.07, 6.45) is 0.121. The third-order valence-corrected chi connectivity index (χ3v) is 3.16. The van der Waals surface area contributed by atoms with Gasteiger partial charge in [0.1, 0.15) is 5.60 Å². The van der Waals surface area contributed by atoms with Crippen LogP contribution in [0.15, 0.2) is 18.2 Å². The van der Waals surface area contributed by atoms with Gasteiger partial charge in [0.05, 0.1) is 14.2 Å². The summed E-state index contributed by atoms with van der Waals surface area (Å²) in [4.78, 5) is 11.7. The van der Waals surface area contributed by atoms with E-state index in [0.717, 1.165) is 5.56 Å². The van der Waals surface area contributed by atoms with E-state index in [0.29, 0.717) is 24.5 Å². The molecule has 0 unspecified atom stereocenters. The van der Waals surface area contributed by atoms with Gasteiger partial charge in [0.2, 0.25) is 0 Å². The average molecular weight is 325 g/mol. The van der Waals surface area contributed by atoms with Gasteiger partial charge in [0, 0.05) is 19.1 Å². The van der Waals surface area contributed by atoms with Crippen molar-refractivity contribution in [2.45, 2.75) is 32.8 Å². The number of carbonyl (C=O) groups excluding carboxylic acids is 1. The molecule has 130 valence electrons. The summed E-state index contributed by atoms with van der Waals surface area (Å²) in [6.45, 7) is 5.71. The fourth-order valence-corrected chi connectivity index (χ4v) is 2.08. The van der Waals surface area contributed by atoms with Gasteiger partial charge in [-0.15, -0.1) is 0 Å². The number of nitrogens with one attached hydrogen (secondary N) is 1. The van der Waals surface area contributed by atoms with Crippen molar-refractivity contribution in [2.75, 3.05) is 27.4 Å². The van der Waals surface area contributed by atoms with Crippen LogP contribution in [-0.4, -0.2) is 44.2 Å². The van der Waals surface area contributed by atoms with Crippen molar-refractivity contribution in [3.05, 3.63) is 23.8 Å². The summed E-state index contributed by atoms with van der Waals surface area (Å²) < 4.78 is 15.6. The summed E-state index contributed by atoms with van der Waals surface area (Å²) >= 11 is 0. The first-order valence-corrected chi connectivity index (χ1v) is 7.57. The lowest BCUT2D eigenvalue weighted by Gasteiger charge is -2.21.